The summed E-state index contributed by atoms with van der Waals surface area (Å²) in [4.78, 5) is 19.4. The number of thiazole rings is 1. The Morgan fingerprint density at radius 2 is 2.18 bits per heavy atom. The lowest BCUT2D eigenvalue weighted by Crippen LogP contribution is -2.41. The number of aromatic nitrogens is 1. The van der Waals surface area contributed by atoms with Gasteiger partial charge in [-0.3, -0.25) is 4.79 Å². The number of benzene rings is 1. The van der Waals surface area contributed by atoms with E-state index >= 15 is 0 Å². The van der Waals surface area contributed by atoms with Crippen molar-refractivity contribution in [1.82, 2.24) is 9.88 Å². The monoisotopic (exact) mass is 314 g/mol. The van der Waals surface area contributed by atoms with Gasteiger partial charge < -0.3 is 4.90 Å². The van der Waals surface area contributed by atoms with Crippen LogP contribution >= 0.6 is 11.3 Å². The van der Waals surface area contributed by atoms with Crippen LogP contribution in [0.2, 0.25) is 0 Å². The summed E-state index contributed by atoms with van der Waals surface area (Å²) in [6.45, 7) is 2.91. The van der Waals surface area contributed by atoms with E-state index in [9.17, 15) is 4.79 Å². The standard InChI is InChI=1S/C18H22N2OS/c1-14(13-15-7-3-2-4-8-15)18(21)20-11-6-5-9-16(20)17-19-10-12-22-17/h2-4,7-8,10,12,14,16H,5-6,9,11,13H2,1H3/t14-,16-/m0/s1. The van der Waals surface area contributed by atoms with E-state index in [0.29, 0.717) is 0 Å². The lowest BCUT2D eigenvalue weighted by molar-refractivity contribution is -0.139. The second kappa shape index (κ2) is 7.05. The molecule has 0 bridgehead atoms. The molecule has 1 aliphatic heterocycles. The van der Waals surface area contributed by atoms with Crippen LogP contribution in [0.25, 0.3) is 0 Å². The van der Waals surface area contributed by atoms with Crippen molar-refractivity contribution in [2.45, 2.75) is 38.6 Å². The summed E-state index contributed by atoms with van der Waals surface area (Å²) >= 11 is 1.66. The second-order valence-corrected chi connectivity index (χ2v) is 6.93. The summed E-state index contributed by atoms with van der Waals surface area (Å²) < 4.78 is 0. The van der Waals surface area contributed by atoms with Gasteiger partial charge in [-0.1, -0.05) is 37.3 Å². The van der Waals surface area contributed by atoms with Crippen LogP contribution in [0, 0.1) is 5.92 Å². The third-order valence-corrected chi connectivity index (χ3v) is 5.21. The molecule has 1 amide bonds. The van der Waals surface area contributed by atoms with Crippen molar-refractivity contribution in [1.29, 1.82) is 0 Å². The number of carbonyl (C=O) groups excluding carboxylic acids is 1. The number of nitrogens with zero attached hydrogens (tertiary/aromatic N) is 2. The number of amides is 1. The molecule has 1 aliphatic rings. The van der Waals surface area contributed by atoms with E-state index in [1.807, 2.05) is 36.7 Å². The molecule has 0 unspecified atom stereocenters. The molecule has 2 aromatic rings. The van der Waals surface area contributed by atoms with Gasteiger partial charge in [-0.05, 0) is 31.2 Å². The molecular weight excluding hydrogens is 292 g/mol. The number of likely N-dealkylation sites (tertiary alicyclic amines) is 1. The molecule has 3 rings (SSSR count). The Morgan fingerprint density at radius 1 is 1.36 bits per heavy atom. The molecule has 1 aromatic heterocycles. The van der Waals surface area contributed by atoms with Crippen molar-refractivity contribution in [2.24, 2.45) is 5.92 Å². The smallest absolute Gasteiger partial charge is 0.226 e. The number of hydrogen-bond acceptors (Lipinski definition) is 3. The van der Waals surface area contributed by atoms with Gasteiger partial charge in [-0.2, -0.15) is 0 Å². The van der Waals surface area contributed by atoms with Crippen molar-refractivity contribution in [3.05, 3.63) is 52.5 Å². The molecule has 0 N–H and O–H groups in total. The van der Waals surface area contributed by atoms with Gasteiger partial charge >= 0.3 is 0 Å². The maximum Gasteiger partial charge on any atom is 0.226 e. The molecule has 0 saturated carbocycles. The normalized spacial score (nSPS) is 19.9. The highest BCUT2D eigenvalue weighted by Crippen LogP contribution is 2.33. The molecular formula is C18H22N2OS. The van der Waals surface area contributed by atoms with Crippen molar-refractivity contribution < 1.29 is 4.79 Å². The first-order valence-electron chi connectivity index (χ1n) is 7.99. The van der Waals surface area contributed by atoms with Crippen molar-refractivity contribution >= 4 is 17.2 Å². The minimum Gasteiger partial charge on any atom is -0.333 e. The molecule has 3 nitrogen and oxygen atoms in total. The SMILES string of the molecule is C[C@@H](Cc1ccccc1)C(=O)N1CCCC[C@H]1c1nccs1. The van der Waals surface area contributed by atoms with E-state index in [4.69, 9.17) is 0 Å². The fourth-order valence-electron chi connectivity index (χ4n) is 3.19. The molecule has 22 heavy (non-hydrogen) atoms. The molecule has 2 heterocycles. The Kier molecular flexibility index (Phi) is 4.88. The van der Waals surface area contributed by atoms with Crippen LogP contribution in [-0.4, -0.2) is 22.3 Å². The summed E-state index contributed by atoms with van der Waals surface area (Å²) in [6, 6.07) is 10.5. The highest BCUT2D eigenvalue weighted by Gasteiger charge is 2.31. The molecule has 0 aliphatic carbocycles. The lowest BCUT2D eigenvalue weighted by atomic mass is 9.96. The van der Waals surface area contributed by atoms with Gasteiger partial charge in [-0.15, -0.1) is 11.3 Å². The number of hydrogen-bond donors (Lipinski definition) is 0. The maximum absolute atomic E-state index is 12.9. The van der Waals surface area contributed by atoms with Crippen LogP contribution in [0.15, 0.2) is 41.9 Å². The van der Waals surface area contributed by atoms with Gasteiger partial charge in [0, 0.05) is 24.0 Å². The largest absolute Gasteiger partial charge is 0.333 e. The van der Waals surface area contributed by atoms with Gasteiger partial charge in [0.15, 0.2) is 0 Å². The fourth-order valence-corrected chi connectivity index (χ4v) is 3.97. The molecule has 2 atom stereocenters. The number of piperidine rings is 1. The minimum atomic E-state index is 0.0166. The summed E-state index contributed by atoms with van der Waals surface area (Å²) in [5, 5.41) is 3.08. The average molecular weight is 314 g/mol. The summed E-state index contributed by atoms with van der Waals surface area (Å²) in [6.07, 6.45) is 5.97. The zero-order valence-electron chi connectivity index (χ0n) is 12.9. The first kappa shape index (κ1) is 15.2. The first-order chi connectivity index (χ1) is 10.8. The molecule has 0 spiro atoms. The Hall–Kier alpha value is -1.68. The quantitative estimate of drug-likeness (QED) is 0.852. The molecule has 0 radical (unpaired) electrons. The van der Waals surface area contributed by atoms with E-state index in [1.54, 1.807) is 11.3 Å². The van der Waals surface area contributed by atoms with Crippen LogP contribution in [0.5, 0.6) is 0 Å². The van der Waals surface area contributed by atoms with Crippen LogP contribution in [0.1, 0.15) is 42.8 Å². The van der Waals surface area contributed by atoms with E-state index in [2.05, 4.69) is 22.0 Å². The number of rotatable bonds is 4. The Morgan fingerprint density at radius 3 is 2.91 bits per heavy atom. The topological polar surface area (TPSA) is 33.2 Å². The average Bonchev–Trinajstić information content (AvgIpc) is 3.09. The van der Waals surface area contributed by atoms with Gasteiger partial charge in [-0.25, -0.2) is 4.98 Å². The van der Waals surface area contributed by atoms with Crippen molar-refractivity contribution in [3.63, 3.8) is 0 Å². The Bertz CT molecular complexity index is 597. The van der Waals surface area contributed by atoms with Crippen LogP contribution in [0.3, 0.4) is 0 Å². The molecule has 4 heteroatoms. The van der Waals surface area contributed by atoms with Gasteiger partial charge in [0.2, 0.25) is 5.91 Å². The van der Waals surface area contributed by atoms with Gasteiger partial charge in [0.1, 0.15) is 5.01 Å². The van der Waals surface area contributed by atoms with Gasteiger partial charge in [0.05, 0.1) is 6.04 Å². The fraction of sp³-hybridized carbons (Fsp3) is 0.444. The van der Waals surface area contributed by atoms with Crippen LogP contribution in [-0.2, 0) is 11.2 Å². The number of carbonyl (C=O) groups is 1. The van der Waals surface area contributed by atoms with Crippen molar-refractivity contribution in [2.75, 3.05) is 6.54 Å². The molecule has 1 saturated heterocycles. The Labute approximate surface area is 136 Å². The van der Waals surface area contributed by atoms with E-state index in [1.165, 1.54) is 12.0 Å². The predicted octanol–water partition coefficient (Wildman–Crippen LogP) is 4.08. The Balaban J connectivity index is 1.71. The maximum atomic E-state index is 12.9. The zero-order chi connectivity index (χ0) is 15.4. The third kappa shape index (κ3) is 3.38. The first-order valence-corrected chi connectivity index (χ1v) is 8.87. The summed E-state index contributed by atoms with van der Waals surface area (Å²) in [5.41, 5.74) is 1.23. The highest BCUT2D eigenvalue weighted by atomic mass is 32.1. The molecule has 1 fully saturated rings. The lowest BCUT2D eigenvalue weighted by Gasteiger charge is -2.36. The minimum absolute atomic E-state index is 0.0166. The van der Waals surface area contributed by atoms with E-state index in [-0.39, 0.29) is 17.9 Å². The van der Waals surface area contributed by atoms with E-state index < -0.39 is 0 Å². The predicted molar refractivity (Wildman–Crippen MR) is 89.7 cm³/mol. The second-order valence-electron chi connectivity index (χ2n) is 6.00. The molecule has 1 aromatic carbocycles. The summed E-state index contributed by atoms with van der Waals surface area (Å²) in [7, 11) is 0. The highest BCUT2D eigenvalue weighted by molar-refractivity contribution is 7.09. The summed E-state index contributed by atoms with van der Waals surface area (Å²) in [5.74, 6) is 0.284. The van der Waals surface area contributed by atoms with Crippen LogP contribution in [0.4, 0.5) is 0 Å². The zero-order valence-corrected chi connectivity index (χ0v) is 13.8. The van der Waals surface area contributed by atoms with Crippen LogP contribution < -0.4 is 0 Å². The van der Waals surface area contributed by atoms with Gasteiger partial charge in [0.25, 0.3) is 0 Å². The molecule has 116 valence electrons. The van der Waals surface area contributed by atoms with Crippen molar-refractivity contribution in [3.8, 4) is 0 Å². The third-order valence-electron chi connectivity index (χ3n) is 4.33. The van der Waals surface area contributed by atoms with E-state index in [0.717, 1.165) is 30.8 Å².